The number of halogens is 1. The first-order valence-electron chi connectivity index (χ1n) is 6.79. The molecule has 0 fully saturated rings. The summed E-state index contributed by atoms with van der Waals surface area (Å²) in [5, 5.41) is 1.61. The minimum absolute atomic E-state index is 0.488. The summed E-state index contributed by atoms with van der Waals surface area (Å²) in [5.41, 5.74) is 0.862. The Hall–Kier alpha value is -1.13. The van der Waals surface area contributed by atoms with Crippen molar-refractivity contribution in [1.29, 1.82) is 0 Å². The van der Waals surface area contributed by atoms with Gasteiger partial charge in [-0.2, -0.15) is 9.98 Å². The van der Waals surface area contributed by atoms with Gasteiger partial charge in [-0.15, -0.1) is 0 Å². The molecule has 0 aliphatic heterocycles. The van der Waals surface area contributed by atoms with E-state index < -0.39 is 0 Å². The summed E-state index contributed by atoms with van der Waals surface area (Å²) < 4.78 is 1.91. The Labute approximate surface area is 163 Å². The number of rotatable bonds is 1. The molecule has 0 aliphatic rings. The number of benzene rings is 1. The predicted molar refractivity (Wildman–Crippen MR) is 110 cm³/mol. The van der Waals surface area contributed by atoms with Gasteiger partial charge in [-0.25, -0.2) is 0 Å². The summed E-state index contributed by atoms with van der Waals surface area (Å²) in [4.78, 5) is 14.1. The normalized spacial score (nSPS) is 12.4. The fourth-order valence-corrected chi connectivity index (χ4v) is 4.15. The van der Waals surface area contributed by atoms with Gasteiger partial charge in [0.2, 0.25) is 9.60 Å². The molecule has 1 aromatic heterocycles. The van der Waals surface area contributed by atoms with E-state index in [0.29, 0.717) is 15.2 Å². The van der Waals surface area contributed by atoms with E-state index in [1.54, 1.807) is 9.80 Å². The van der Waals surface area contributed by atoms with Crippen molar-refractivity contribution in [2.75, 3.05) is 28.2 Å². The Balaban J connectivity index is 2.74. The van der Waals surface area contributed by atoms with Crippen LogP contribution < -0.4 is 9.60 Å². The topological polar surface area (TPSA) is 36.1 Å². The van der Waals surface area contributed by atoms with E-state index >= 15 is 0 Å². The van der Waals surface area contributed by atoms with Crippen LogP contribution in [0.3, 0.4) is 0 Å². The minimum Gasteiger partial charge on any atom is -0.353 e. The number of nitrogens with zero attached hydrogens (tertiary/aromatic N) is 5. The minimum atomic E-state index is 0.488. The molecule has 24 heavy (non-hydrogen) atoms. The van der Waals surface area contributed by atoms with Gasteiger partial charge in [0, 0.05) is 33.2 Å². The average Bonchev–Trinajstić information content (AvgIpc) is 2.89. The molecule has 0 aliphatic carbocycles. The molecule has 0 bridgehead atoms. The summed E-state index contributed by atoms with van der Waals surface area (Å²) in [7, 11) is 10.4. The zero-order valence-electron chi connectivity index (χ0n) is 13.6. The van der Waals surface area contributed by atoms with E-state index in [9.17, 15) is 0 Å². The molecule has 0 radical (unpaired) electrons. The first-order chi connectivity index (χ1) is 11.3. The van der Waals surface area contributed by atoms with E-state index in [2.05, 4.69) is 9.98 Å². The van der Waals surface area contributed by atoms with Gasteiger partial charge in [-0.1, -0.05) is 17.7 Å². The molecule has 0 saturated heterocycles. The maximum atomic E-state index is 6.14. The average molecular weight is 418 g/mol. The fourth-order valence-electron chi connectivity index (χ4n) is 1.57. The Kier molecular flexibility index (Phi) is 6.64. The maximum absolute atomic E-state index is 6.14. The third kappa shape index (κ3) is 4.70. The lowest BCUT2D eigenvalue weighted by molar-refractivity contribution is 0.624. The van der Waals surface area contributed by atoms with Crippen molar-refractivity contribution in [3.8, 4) is 5.69 Å². The van der Waals surface area contributed by atoms with Crippen LogP contribution in [0, 0.1) is 0 Å². The Bertz CT molecular complexity index is 841. The number of hydrogen-bond acceptors (Lipinski definition) is 4. The molecule has 0 amide bonds. The van der Waals surface area contributed by atoms with Gasteiger partial charge in [-0.3, -0.25) is 4.57 Å². The van der Waals surface area contributed by atoms with Gasteiger partial charge < -0.3 is 9.80 Å². The Morgan fingerprint density at radius 2 is 1.50 bits per heavy atom. The Morgan fingerprint density at radius 3 is 1.92 bits per heavy atom. The van der Waals surface area contributed by atoms with E-state index in [1.807, 2.05) is 57.0 Å². The molecular weight excluding hydrogens is 402 g/mol. The zero-order valence-corrected chi connectivity index (χ0v) is 17.6. The van der Waals surface area contributed by atoms with E-state index in [0.717, 1.165) is 15.3 Å². The predicted octanol–water partition coefficient (Wildman–Crippen LogP) is 2.75. The quantitative estimate of drug-likeness (QED) is 0.528. The van der Waals surface area contributed by atoms with Crippen LogP contribution in [0.1, 0.15) is 0 Å². The highest BCUT2D eigenvalue weighted by molar-refractivity contribution is 7.80. The lowest BCUT2D eigenvalue weighted by Crippen LogP contribution is -2.29. The molecule has 0 saturated carbocycles. The molecule has 0 unspecified atom stereocenters. The zero-order chi connectivity index (χ0) is 17.9. The molecule has 1 aromatic carbocycles. The molecule has 0 spiro atoms. The van der Waals surface area contributed by atoms with Crippen molar-refractivity contribution in [1.82, 2.24) is 14.4 Å². The molecule has 10 heteroatoms. The Morgan fingerprint density at radius 1 is 1.00 bits per heavy atom. The highest BCUT2D eigenvalue weighted by Gasteiger charge is 2.08. The summed E-state index contributed by atoms with van der Waals surface area (Å²) in [6.45, 7) is 0. The maximum Gasteiger partial charge on any atom is 0.209 e. The van der Waals surface area contributed by atoms with Crippen molar-refractivity contribution in [2.24, 2.45) is 9.98 Å². The molecule has 5 nitrogen and oxygen atoms in total. The van der Waals surface area contributed by atoms with Crippen LogP contribution in [0.25, 0.3) is 5.69 Å². The number of aromatic nitrogens is 1. The summed E-state index contributed by atoms with van der Waals surface area (Å²) in [6, 6.07) is 7.51. The highest BCUT2D eigenvalue weighted by atomic mass is 35.5. The van der Waals surface area contributed by atoms with Crippen LogP contribution >= 0.6 is 56.7 Å². The van der Waals surface area contributed by atoms with Crippen LogP contribution in [-0.4, -0.2) is 52.8 Å². The van der Waals surface area contributed by atoms with Crippen molar-refractivity contribution >= 4 is 66.9 Å². The van der Waals surface area contributed by atoms with Crippen molar-refractivity contribution in [3.63, 3.8) is 0 Å². The molecule has 2 rings (SSSR count). The summed E-state index contributed by atoms with van der Waals surface area (Å²) in [6.07, 6.45) is 0. The lowest BCUT2D eigenvalue weighted by atomic mass is 10.3. The van der Waals surface area contributed by atoms with Gasteiger partial charge in [0.1, 0.15) is 0 Å². The number of hydrogen-bond donors (Lipinski definition) is 0. The third-order valence-corrected chi connectivity index (χ3v) is 6.01. The lowest BCUT2D eigenvalue weighted by Gasteiger charge is -2.09. The standard InChI is InChI=1S/C14H16ClN5S4/c1-18(2)11(21)16-13-20(10-7-5-6-9(15)8-10)14(24-23-13)17-12(22)19(3)4/h5-8H,1-4H3/b16-13-,17-14-. The largest absolute Gasteiger partial charge is 0.353 e. The van der Waals surface area contributed by atoms with Gasteiger partial charge in [0.05, 0.1) is 5.69 Å². The van der Waals surface area contributed by atoms with Crippen molar-refractivity contribution in [3.05, 3.63) is 38.9 Å². The van der Waals surface area contributed by atoms with Gasteiger partial charge in [-0.05, 0) is 63.3 Å². The second-order valence-electron chi connectivity index (χ2n) is 5.12. The second kappa shape index (κ2) is 8.30. The third-order valence-electron chi connectivity index (χ3n) is 2.79. The van der Waals surface area contributed by atoms with Crippen LogP contribution in [0.4, 0.5) is 0 Å². The highest BCUT2D eigenvalue weighted by Crippen LogP contribution is 2.13. The van der Waals surface area contributed by atoms with E-state index in [1.165, 1.54) is 20.7 Å². The molecule has 128 valence electrons. The number of thiocarbonyl (C=S) groups is 2. The molecule has 1 heterocycles. The molecule has 2 aromatic rings. The van der Waals surface area contributed by atoms with E-state index in [4.69, 9.17) is 36.0 Å². The molecular formula is C14H16ClN5S4. The first kappa shape index (κ1) is 19.2. The molecule has 0 N–H and O–H groups in total. The smallest absolute Gasteiger partial charge is 0.209 e. The van der Waals surface area contributed by atoms with Crippen molar-refractivity contribution in [2.45, 2.75) is 0 Å². The monoisotopic (exact) mass is 417 g/mol. The van der Waals surface area contributed by atoms with Gasteiger partial charge in [0.15, 0.2) is 10.2 Å². The van der Waals surface area contributed by atoms with Crippen molar-refractivity contribution < 1.29 is 0 Å². The van der Waals surface area contributed by atoms with E-state index in [-0.39, 0.29) is 0 Å². The first-order valence-corrected chi connectivity index (χ1v) is 10.1. The van der Waals surface area contributed by atoms with Crippen LogP contribution in [0.15, 0.2) is 34.3 Å². The van der Waals surface area contributed by atoms with Gasteiger partial charge in [0.25, 0.3) is 0 Å². The summed E-state index contributed by atoms with van der Waals surface area (Å²) >= 11 is 16.7. The SMILES string of the molecule is CN(C)C(=S)/N=c1\ss/c(=N\C(=S)N(C)C)n1-c1cccc(Cl)c1. The van der Waals surface area contributed by atoms with Crippen LogP contribution in [0.2, 0.25) is 5.02 Å². The fraction of sp³-hybridized carbons (Fsp3) is 0.286. The van der Waals surface area contributed by atoms with Crippen LogP contribution in [0.5, 0.6) is 0 Å². The molecule has 0 atom stereocenters. The van der Waals surface area contributed by atoms with Crippen LogP contribution in [-0.2, 0) is 0 Å². The summed E-state index contributed by atoms with van der Waals surface area (Å²) in [5.74, 6) is 0. The second-order valence-corrected chi connectivity index (χ2v) is 8.36. The van der Waals surface area contributed by atoms with Gasteiger partial charge >= 0.3 is 0 Å².